The van der Waals surface area contributed by atoms with Crippen LogP contribution in [-0.2, 0) is 10.5 Å². The standard InChI is InChI=1S/C17H15ClN2OS2/c1-11(16(21)19-14-8-6-13(18)7-9-14)23-17-20-15-5-3-2-4-12(15)10-22-17/h2-9,11H,10H2,1H3,(H,19,21)/t11-/m1/s1. The number of carbonyl (C=O) groups excluding carboxylic acids is 1. The summed E-state index contributed by atoms with van der Waals surface area (Å²) in [6.07, 6.45) is 0. The minimum atomic E-state index is -0.220. The van der Waals surface area contributed by atoms with Gasteiger partial charge in [0.2, 0.25) is 5.91 Å². The molecule has 3 rings (SSSR count). The van der Waals surface area contributed by atoms with Crippen LogP contribution in [0, 0.1) is 0 Å². The summed E-state index contributed by atoms with van der Waals surface area (Å²) in [6, 6.07) is 15.2. The Morgan fingerprint density at radius 2 is 2.00 bits per heavy atom. The molecule has 1 aliphatic heterocycles. The van der Waals surface area contributed by atoms with Crippen LogP contribution in [0.5, 0.6) is 0 Å². The van der Waals surface area contributed by atoms with Gasteiger partial charge in [-0.3, -0.25) is 4.79 Å². The van der Waals surface area contributed by atoms with E-state index in [0.717, 1.165) is 21.5 Å². The Labute approximate surface area is 148 Å². The number of nitrogens with zero attached hydrogens (tertiary/aromatic N) is 1. The SMILES string of the molecule is C[C@@H](SC1=Nc2ccccc2CS1)C(=O)Nc1ccc(Cl)cc1. The average Bonchev–Trinajstić information content (AvgIpc) is 2.56. The molecular formula is C17H15ClN2OS2. The van der Waals surface area contributed by atoms with Crippen LogP contribution in [0.4, 0.5) is 11.4 Å². The second kappa shape index (κ2) is 7.43. The van der Waals surface area contributed by atoms with Gasteiger partial charge in [-0.1, -0.05) is 53.3 Å². The molecule has 2 aromatic rings. The number of thioether (sulfide) groups is 2. The molecule has 0 unspecified atom stereocenters. The molecule has 1 heterocycles. The van der Waals surface area contributed by atoms with Crippen molar-refractivity contribution in [3.05, 3.63) is 59.1 Å². The van der Waals surface area contributed by atoms with Gasteiger partial charge >= 0.3 is 0 Å². The van der Waals surface area contributed by atoms with Crippen LogP contribution in [0.1, 0.15) is 12.5 Å². The molecule has 0 fully saturated rings. The van der Waals surface area contributed by atoms with Crippen LogP contribution in [0.3, 0.4) is 0 Å². The van der Waals surface area contributed by atoms with Gasteiger partial charge < -0.3 is 5.32 Å². The normalized spacial score (nSPS) is 14.6. The predicted molar refractivity (Wildman–Crippen MR) is 102 cm³/mol. The van der Waals surface area contributed by atoms with E-state index < -0.39 is 0 Å². The lowest BCUT2D eigenvalue weighted by atomic mass is 10.2. The number of rotatable bonds is 3. The van der Waals surface area contributed by atoms with Crippen molar-refractivity contribution in [2.24, 2.45) is 4.99 Å². The lowest BCUT2D eigenvalue weighted by molar-refractivity contribution is -0.115. The molecule has 3 nitrogen and oxygen atoms in total. The molecule has 6 heteroatoms. The highest BCUT2D eigenvalue weighted by molar-refractivity contribution is 8.39. The largest absolute Gasteiger partial charge is 0.325 e. The minimum Gasteiger partial charge on any atom is -0.325 e. The van der Waals surface area contributed by atoms with Gasteiger partial charge in [0, 0.05) is 16.5 Å². The first-order valence-corrected chi connectivity index (χ1v) is 9.38. The molecule has 0 saturated carbocycles. The van der Waals surface area contributed by atoms with Gasteiger partial charge in [0.05, 0.1) is 10.9 Å². The van der Waals surface area contributed by atoms with E-state index in [1.165, 1.54) is 17.3 Å². The van der Waals surface area contributed by atoms with E-state index in [9.17, 15) is 4.79 Å². The summed E-state index contributed by atoms with van der Waals surface area (Å²) in [6.45, 7) is 1.89. The quantitative estimate of drug-likeness (QED) is 0.801. The summed E-state index contributed by atoms with van der Waals surface area (Å²) in [4.78, 5) is 16.9. The van der Waals surface area contributed by atoms with E-state index in [0.29, 0.717) is 5.02 Å². The first kappa shape index (κ1) is 16.4. The van der Waals surface area contributed by atoms with E-state index in [-0.39, 0.29) is 11.2 Å². The fraction of sp³-hybridized carbons (Fsp3) is 0.176. The molecule has 2 aromatic carbocycles. The predicted octanol–water partition coefficient (Wildman–Crippen LogP) is 5.33. The van der Waals surface area contributed by atoms with Crippen molar-refractivity contribution in [2.75, 3.05) is 5.32 Å². The van der Waals surface area contributed by atoms with Gasteiger partial charge in [-0.25, -0.2) is 4.99 Å². The van der Waals surface area contributed by atoms with Gasteiger partial charge in [0.15, 0.2) is 0 Å². The lowest BCUT2D eigenvalue weighted by Crippen LogP contribution is -2.23. The first-order valence-electron chi connectivity index (χ1n) is 7.14. The van der Waals surface area contributed by atoms with Gasteiger partial charge in [0.1, 0.15) is 4.38 Å². The zero-order chi connectivity index (χ0) is 16.2. The molecule has 1 aliphatic rings. The summed E-state index contributed by atoms with van der Waals surface area (Å²) >= 11 is 9.01. The highest BCUT2D eigenvalue weighted by Gasteiger charge is 2.20. The number of halogens is 1. The average molecular weight is 363 g/mol. The van der Waals surface area contributed by atoms with Crippen LogP contribution in [0.15, 0.2) is 53.5 Å². The Bertz CT molecular complexity index is 747. The fourth-order valence-corrected chi connectivity index (χ4v) is 4.37. The highest BCUT2D eigenvalue weighted by atomic mass is 35.5. The van der Waals surface area contributed by atoms with Gasteiger partial charge in [-0.15, -0.1) is 0 Å². The molecule has 118 valence electrons. The zero-order valence-corrected chi connectivity index (χ0v) is 14.8. The van der Waals surface area contributed by atoms with E-state index in [2.05, 4.69) is 16.4 Å². The zero-order valence-electron chi connectivity index (χ0n) is 12.5. The van der Waals surface area contributed by atoms with Crippen molar-refractivity contribution in [3.8, 4) is 0 Å². The minimum absolute atomic E-state index is 0.0421. The maximum Gasteiger partial charge on any atom is 0.237 e. The van der Waals surface area contributed by atoms with Gasteiger partial charge in [-0.2, -0.15) is 0 Å². The number of hydrogen-bond donors (Lipinski definition) is 1. The van der Waals surface area contributed by atoms with Crippen molar-refractivity contribution in [3.63, 3.8) is 0 Å². The van der Waals surface area contributed by atoms with Crippen LogP contribution >= 0.6 is 35.1 Å². The smallest absolute Gasteiger partial charge is 0.237 e. The molecule has 0 radical (unpaired) electrons. The van der Waals surface area contributed by atoms with Gasteiger partial charge in [0.25, 0.3) is 0 Å². The van der Waals surface area contributed by atoms with Crippen molar-refractivity contribution < 1.29 is 4.79 Å². The third kappa shape index (κ3) is 4.31. The van der Waals surface area contributed by atoms with E-state index >= 15 is 0 Å². The highest BCUT2D eigenvalue weighted by Crippen LogP contribution is 2.35. The molecule has 0 bridgehead atoms. The maximum absolute atomic E-state index is 12.3. The maximum atomic E-state index is 12.3. The number of anilines is 1. The Balaban J connectivity index is 1.63. The Morgan fingerprint density at radius 1 is 1.26 bits per heavy atom. The van der Waals surface area contributed by atoms with Crippen molar-refractivity contribution in [2.45, 2.75) is 17.9 Å². The summed E-state index contributed by atoms with van der Waals surface area (Å²) < 4.78 is 0.933. The second-order valence-electron chi connectivity index (χ2n) is 5.05. The molecule has 0 aliphatic carbocycles. The number of benzene rings is 2. The number of para-hydroxylation sites is 1. The second-order valence-corrected chi connectivity index (χ2v) is 8.04. The number of carbonyl (C=O) groups is 1. The molecule has 23 heavy (non-hydrogen) atoms. The van der Waals surface area contributed by atoms with Crippen molar-refractivity contribution in [1.29, 1.82) is 0 Å². The lowest BCUT2D eigenvalue weighted by Gasteiger charge is -2.17. The topological polar surface area (TPSA) is 41.5 Å². The summed E-state index contributed by atoms with van der Waals surface area (Å²) in [5.41, 5.74) is 2.98. The number of nitrogens with one attached hydrogen (secondary N) is 1. The third-order valence-corrected chi connectivity index (χ3v) is 5.86. The molecule has 1 amide bonds. The van der Waals surface area contributed by atoms with Gasteiger partial charge in [-0.05, 0) is 42.8 Å². The van der Waals surface area contributed by atoms with Crippen LogP contribution < -0.4 is 5.32 Å². The number of fused-ring (bicyclic) bond motifs is 1. The van der Waals surface area contributed by atoms with E-state index in [1.807, 2.05) is 25.1 Å². The monoisotopic (exact) mass is 362 g/mol. The molecular weight excluding hydrogens is 348 g/mol. The molecule has 0 aromatic heterocycles. The Morgan fingerprint density at radius 3 is 2.78 bits per heavy atom. The Kier molecular flexibility index (Phi) is 5.30. The number of hydrogen-bond acceptors (Lipinski definition) is 4. The number of aliphatic imine (C=N–C) groups is 1. The molecule has 1 N–H and O–H groups in total. The Hall–Kier alpha value is -1.43. The fourth-order valence-electron chi connectivity index (χ4n) is 2.05. The molecule has 1 atom stereocenters. The number of amides is 1. The van der Waals surface area contributed by atoms with Crippen LogP contribution in [-0.4, -0.2) is 15.5 Å². The van der Waals surface area contributed by atoms with Crippen molar-refractivity contribution in [1.82, 2.24) is 0 Å². The van der Waals surface area contributed by atoms with Crippen molar-refractivity contribution >= 4 is 56.8 Å². The third-order valence-electron chi connectivity index (χ3n) is 3.31. The van der Waals surface area contributed by atoms with E-state index in [1.54, 1.807) is 36.0 Å². The summed E-state index contributed by atoms with van der Waals surface area (Å²) in [7, 11) is 0. The van der Waals surface area contributed by atoms with Crippen LogP contribution in [0.25, 0.3) is 0 Å². The molecule has 0 saturated heterocycles. The van der Waals surface area contributed by atoms with Crippen LogP contribution in [0.2, 0.25) is 5.02 Å². The molecule has 0 spiro atoms. The first-order chi connectivity index (χ1) is 11.1. The van der Waals surface area contributed by atoms with E-state index in [4.69, 9.17) is 11.6 Å². The summed E-state index contributed by atoms with van der Waals surface area (Å²) in [5, 5.41) is 3.32. The summed E-state index contributed by atoms with van der Waals surface area (Å²) in [5.74, 6) is 0.854.